The highest BCUT2D eigenvalue weighted by molar-refractivity contribution is 7.18. The molecular weight excluding hydrogens is 392 g/mol. The monoisotopic (exact) mass is 410 g/mol. The second-order valence-electron chi connectivity index (χ2n) is 7.43. The molecule has 0 N–H and O–H groups in total. The summed E-state index contributed by atoms with van der Waals surface area (Å²) >= 11 is 1.50. The van der Waals surface area contributed by atoms with E-state index in [9.17, 15) is 10.1 Å². The van der Waals surface area contributed by atoms with Gasteiger partial charge in [-0.2, -0.15) is 5.26 Å². The third kappa shape index (κ3) is 2.72. The number of carbonyl (C=O) groups is 1. The van der Waals surface area contributed by atoms with Crippen LogP contribution in [0.25, 0.3) is 10.2 Å². The van der Waals surface area contributed by atoms with Gasteiger partial charge in [-0.05, 0) is 29.8 Å². The zero-order valence-corrected chi connectivity index (χ0v) is 17.1. The zero-order valence-electron chi connectivity index (χ0n) is 16.3. The molecule has 0 bridgehead atoms. The minimum Gasteiger partial charge on any atom is -0.497 e. The van der Waals surface area contributed by atoms with Gasteiger partial charge in [-0.1, -0.05) is 54.6 Å². The standard InChI is InChI=1S/C25H18N2O2S/c1-29-18-13-11-16(12-14-18)21-22(23(28)17-7-3-2-4-8-17)25(21,15-26)24-27-19-9-5-6-10-20(19)30-24/h2-14,21-22H,1H3/t21-,22+,25-/m1/s1. The van der Waals surface area contributed by atoms with Crippen LogP contribution < -0.4 is 4.74 Å². The highest BCUT2D eigenvalue weighted by Gasteiger charge is 2.72. The van der Waals surface area contributed by atoms with Gasteiger partial charge in [0.15, 0.2) is 5.78 Å². The highest BCUT2D eigenvalue weighted by atomic mass is 32.1. The summed E-state index contributed by atoms with van der Waals surface area (Å²) in [7, 11) is 1.62. The molecular formula is C25H18N2O2S. The van der Waals surface area contributed by atoms with Gasteiger partial charge in [0.25, 0.3) is 0 Å². The van der Waals surface area contributed by atoms with Gasteiger partial charge in [-0.15, -0.1) is 11.3 Å². The molecule has 0 spiro atoms. The van der Waals surface area contributed by atoms with Gasteiger partial charge >= 0.3 is 0 Å². The molecule has 0 aliphatic heterocycles. The van der Waals surface area contributed by atoms with Crippen molar-refractivity contribution in [2.75, 3.05) is 7.11 Å². The van der Waals surface area contributed by atoms with Gasteiger partial charge < -0.3 is 4.74 Å². The number of para-hydroxylation sites is 1. The van der Waals surface area contributed by atoms with Gasteiger partial charge in [0.1, 0.15) is 16.2 Å². The molecule has 5 heteroatoms. The van der Waals surface area contributed by atoms with E-state index in [1.807, 2.05) is 78.9 Å². The molecule has 0 saturated heterocycles. The number of methoxy groups -OCH3 is 1. The largest absolute Gasteiger partial charge is 0.497 e. The normalized spacial score (nSPS) is 22.4. The summed E-state index contributed by atoms with van der Waals surface area (Å²) in [5.41, 5.74) is 1.47. The van der Waals surface area contributed by atoms with Crippen LogP contribution in [0.3, 0.4) is 0 Å². The van der Waals surface area contributed by atoms with Crippen molar-refractivity contribution in [1.29, 1.82) is 5.26 Å². The van der Waals surface area contributed by atoms with Crippen molar-refractivity contribution in [2.24, 2.45) is 5.92 Å². The topological polar surface area (TPSA) is 63.0 Å². The first kappa shape index (κ1) is 18.5. The maximum absolute atomic E-state index is 13.5. The van der Waals surface area contributed by atoms with Crippen molar-refractivity contribution in [2.45, 2.75) is 11.3 Å². The first-order valence-corrected chi connectivity index (χ1v) is 10.5. The van der Waals surface area contributed by atoms with Crippen molar-refractivity contribution in [1.82, 2.24) is 4.98 Å². The predicted octanol–water partition coefficient (Wildman–Crippen LogP) is 5.36. The Labute approximate surface area is 178 Å². The van der Waals surface area contributed by atoms with E-state index in [4.69, 9.17) is 9.72 Å². The molecule has 1 aromatic heterocycles. The Kier molecular flexibility index (Phi) is 4.38. The first-order chi connectivity index (χ1) is 14.7. The number of nitrogens with zero attached hydrogens (tertiary/aromatic N) is 2. The smallest absolute Gasteiger partial charge is 0.168 e. The number of ketones is 1. The lowest BCUT2D eigenvalue weighted by molar-refractivity contribution is 0.0959. The fourth-order valence-corrected chi connectivity index (χ4v) is 5.48. The molecule has 1 aliphatic rings. The summed E-state index contributed by atoms with van der Waals surface area (Å²) in [6.45, 7) is 0. The molecule has 146 valence electrons. The molecule has 3 atom stereocenters. The molecule has 4 aromatic rings. The fraction of sp³-hybridized carbons (Fsp3) is 0.160. The average Bonchev–Trinajstić information content (AvgIpc) is 3.30. The maximum atomic E-state index is 13.5. The molecule has 1 aliphatic carbocycles. The molecule has 0 unspecified atom stereocenters. The molecule has 0 amide bonds. The zero-order chi connectivity index (χ0) is 20.7. The second-order valence-corrected chi connectivity index (χ2v) is 8.46. The van der Waals surface area contributed by atoms with Gasteiger partial charge in [0.05, 0.1) is 29.3 Å². The lowest BCUT2D eigenvalue weighted by Crippen LogP contribution is -2.13. The Morgan fingerprint density at radius 3 is 2.40 bits per heavy atom. The van der Waals surface area contributed by atoms with E-state index < -0.39 is 11.3 Å². The van der Waals surface area contributed by atoms with Crippen molar-refractivity contribution in [3.05, 3.63) is 95.0 Å². The van der Waals surface area contributed by atoms with Crippen LogP contribution in [0.1, 0.15) is 26.8 Å². The van der Waals surface area contributed by atoms with Crippen LogP contribution in [0, 0.1) is 17.2 Å². The van der Waals surface area contributed by atoms with Crippen molar-refractivity contribution >= 4 is 27.3 Å². The Bertz CT molecular complexity index is 1240. The third-order valence-electron chi connectivity index (χ3n) is 5.85. The van der Waals surface area contributed by atoms with Gasteiger partial charge in [-0.3, -0.25) is 4.79 Å². The van der Waals surface area contributed by atoms with E-state index in [0.29, 0.717) is 10.6 Å². The van der Waals surface area contributed by atoms with Crippen LogP contribution in [-0.4, -0.2) is 17.9 Å². The number of hydrogen-bond donors (Lipinski definition) is 0. The number of hydrogen-bond acceptors (Lipinski definition) is 5. The molecule has 0 radical (unpaired) electrons. The Hall–Kier alpha value is -3.49. The molecule has 4 nitrogen and oxygen atoms in total. The van der Waals surface area contributed by atoms with E-state index in [2.05, 4.69) is 6.07 Å². The van der Waals surface area contributed by atoms with Gasteiger partial charge in [-0.25, -0.2) is 4.98 Å². The van der Waals surface area contributed by atoms with Crippen LogP contribution in [0.5, 0.6) is 5.75 Å². The van der Waals surface area contributed by atoms with E-state index in [-0.39, 0.29) is 11.7 Å². The van der Waals surface area contributed by atoms with Crippen LogP contribution >= 0.6 is 11.3 Å². The quantitative estimate of drug-likeness (QED) is 0.415. The van der Waals surface area contributed by atoms with E-state index >= 15 is 0 Å². The average molecular weight is 410 g/mol. The number of ether oxygens (including phenoxy) is 1. The van der Waals surface area contributed by atoms with Crippen molar-refractivity contribution in [3.8, 4) is 11.8 Å². The molecule has 3 aromatic carbocycles. The number of carbonyl (C=O) groups excluding carboxylic acids is 1. The van der Waals surface area contributed by atoms with Crippen LogP contribution in [-0.2, 0) is 5.41 Å². The fourth-order valence-electron chi connectivity index (χ4n) is 4.30. The summed E-state index contributed by atoms with van der Waals surface area (Å²) < 4.78 is 6.30. The summed E-state index contributed by atoms with van der Waals surface area (Å²) in [4.78, 5) is 18.3. The van der Waals surface area contributed by atoms with E-state index in [1.165, 1.54) is 11.3 Å². The Morgan fingerprint density at radius 2 is 1.73 bits per heavy atom. The molecule has 30 heavy (non-hydrogen) atoms. The van der Waals surface area contributed by atoms with Crippen LogP contribution in [0.2, 0.25) is 0 Å². The number of rotatable bonds is 5. The molecule has 5 rings (SSSR count). The minimum atomic E-state index is -0.967. The number of aromatic nitrogens is 1. The first-order valence-electron chi connectivity index (χ1n) is 9.69. The predicted molar refractivity (Wildman–Crippen MR) is 117 cm³/mol. The number of thiazole rings is 1. The second kappa shape index (κ2) is 7.08. The summed E-state index contributed by atoms with van der Waals surface area (Å²) in [6, 6.07) is 27.2. The molecule has 1 saturated carbocycles. The third-order valence-corrected chi connectivity index (χ3v) is 7.04. The minimum absolute atomic E-state index is 0.0165. The summed E-state index contributed by atoms with van der Waals surface area (Å²) in [5.74, 6) is 0.00522. The van der Waals surface area contributed by atoms with Crippen LogP contribution in [0.15, 0.2) is 78.9 Å². The van der Waals surface area contributed by atoms with Crippen LogP contribution in [0.4, 0.5) is 0 Å². The highest BCUT2D eigenvalue weighted by Crippen LogP contribution is 2.67. The summed E-state index contributed by atoms with van der Waals surface area (Å²) in [5, 5.41) is 11.1. The lowest BCUT2D eigenvalue weighted by Gasteiger charge is -2.06. The van der Waals surface area contributed by atoms with Gasteiger partial charge in [0, 0.05) is 11.5 Å². The van der Waals surface area contributed by atoms with Crippen molar-refractivity contribution < 1.29 is 9.53 Å². The van der Waals surface area contributed by atoms with Gasteiger partial charge in [0.2, 0.25) is 0 Å². The lowest BCUT2D eigenvalue weighted by atomic mass is 9.99. The van der Waals surface area contributed by atoms with E-state index in [1.54, 1.807) is 7.11 Å². The molecule has 1 fully saturated rings. The SMILES string of the molecule is COc1ccc([C@@H]2[C@@H](C(=O)c3ccccc3)[C@]2(C#N)c2nc3ccccc3s2)cc1. The van der Waals surface area contributed by atoms with Crippen molar-refractivity contribution in [3.63, 3.8) is 0 Å². The number of Topliss-reactive ketones (excluding diaryl/α,β-unsaturated/α-hetero) is 1. The maximum Gasteiger partial charge on any atom is 0.168 e. The van der Waals surface area contributed by atoms with E-state index in [0.717, 1.165) is 21.5 Å². The Balaban J connectivity index is 1.65. The number of fused-ring (bicyclic) bond motifs is 1. The summed E-state index contributed by atoms with van der Waals surface area (Å²) in [6.07, 6.45) is 0. The molecule has 1 heterocycles. The number of benzene rings is 3. The number of nitriles is 1. The Morgan fingerprint density at radius 1 is 1.03 bits per heavy atom.